The molecule has 0 aliphatic carbocycles. The quantitative estimate of drug-likeness (QED) is 0.688. The maximum absolute atomic E-state index is 12.8. The molecule has 0 radical (unpaired) electrons. The Morgan fingerprint density at radius 3 is 2.18 bits per heavy atom. The van der Waals surface area contributed by atoms with Gasteiger partial charge < -0.3 is 15.2 Å². The van der Waals surface area contributed by atoms with Gasteiger partial charge in [0.05, 0.1) is 11.3 Å². The highest BCUT2D eigenvalue weighted by molar-refractivity contribution is 6.05. The van der Waals surface area contributed by atoms with Crippen molar-refractivity contribution in [2.75, 3.05) is 10.6 Å². The second-order valence-corrected chi connectivity index (χ2v) is 5.90. The van der Waals surface area contributed by atoms with Crippen LogP contribution in [-0.4, -0.2) is 17.0 Å². The van der Waals surface area contributed by atoms with Gasteiger partial charge in [-0.2, -0.15) is 13.2 Å². The third kappa shape index (κ3) is 4.56. The number of aromatic nitrogens is 1. The molecule has 2 amide bonds. The molecule has 6 nitrogen and oxygen atoms in total. The van der Waals surface area contributed by atoms with Gasteiger partial charge in [0, 0.05) is 23.0 Å². The van der Waals surface area contributed by atoms with Gasteiger partial charge in [-0.25, -0.2) is 0 Å². The average molecular weight is 389 g/mol. The van der Waals surface area contributed by atoms with E-state index < -0.39 is 23.6 Å². The first-order valence-corrected chi connectivity index (χ1v) is 8.06. The fourth-order valence-corrected chi connectivity index (χ4v) is 2.38. The van der Waals surface area contributed by atoms with Crippen LogP contribution in [0.2, 0.25) is 0 Å². The molecule has 3 aromatic rings. The van der Waals surface area contributed by atoms with Crippen LogP contribution in [0.15, 0.2) is 59.1 Å². The first-order valence-electron chi connectivity index (χ1n) is 8.06. The molecule has 0 spiro atoms. The number of carbonyl (C=O) groups excluding carboxylic acids is 2. The Kier molecular flexibility index (Phi) is 5.16. The van der Waals surface area contributed by atoms with E-state index in [1.807, 2.05) is 0 Å². The molecule has 0 bridgehead atoms. The number of benzene rings is 2. The number of nitrogens with zero attached hydrogens (tertiary/aromatic N) is 1. The third-order valence-electron chi connectivity index (χ3n) is 3.68. The highest BCUT2D eigenvalue weighted by Crippen LogP contribution is 2.29. The summed E-state index contributed by atoms with van der Waals surface area (Å²) in [5, 5.41) is 8.70. The topological polar surface area (TPSA) is 84.2 Å². The molecule has 0 saturated carbocycles. The summed E-state index contributed by atoms with van der Waals surface area (Å²) in [5.41, 5.74) is 0.159. The zero-order valence-corrected chi connectivity index (χ0v) is 14.5. The minimum absolute atomic E-state index is 0.0240. The van der Waals surface area contributed by atoms with E-state index in [9.17, 15) is 22.8 Å². The van der Waals surface area contributed by atoms with Gasteiger partial charge in [-0.3, -0.25) is 9.59 Å². The summed E-state index contributed by atoms with van der Waals surface area (Å²) in [6.07, 6.45) is -4.54. The number of amides is 2. The molecule has 1 heterocycles. The molecule has 3 rings (SSSR count). The summed E-state index contributed by atoms with van der Waals surface area (Å²) in [6.45, 7) is 1.67. The normalized spacial score (nSPS) is 11.1. The predicted molar refractivity (Wildman–Crippen MR) is 95.0 cm³/mol. The van der Waals surface area contributed by atoms with Crippen molar-refractivity contribution in [3.63, 3.8) is 0 Å². The summed E-state index contributed by atoms with van der Waals surface area (Å²) in [5.74, 6) is -1.21. The van der Waals surface area contributed by atoms with Crippen molar-refractivity contribution in [3.05, 3.63) is 77.2 Å². The number of alkyl halides is 3. The minimum atomic E-state index is -4.54. The second-order valence-electron chi connectivity index (χ2n) is 5.90. The summed E-state index contributed by atoms with van der Waals surface area (Å²) in [6, 6.07) is 11.7. The van der Waals surface area contributed by atoms with Gasteiger partial charge in [-0.05, 0) is 43.3 Å². The Morgan fingerprint density at radius 1 is 0.929 bits per heavy atom. The van der Waals surface area contributed by atoms with Crippen LogP contribution in [-0.2, 0) is 6.18 Å². The van der Waals surface area contributed by atoms with Crippen molar-refractivity contribution in [3.8, 4) is 0 Å². The van der Waals surface area contributed by atoms with E-state index in [0.717, 1.165) is 18.2 Å². The van der Waals surface area contributed by atoms with Crippen molar-refractivity contribution < 1.29 is 27.3 Å². The first-order chi connectivity index (χ1) is 13.2. The Bertz CT molecular complexity index is 1030. The number of aryl methyl sites for hydroxylation is 1. The Morgan fingerprint density at radius 2 is 1.57 bits per heavy atom. The van der Waals surface area contributed by atoms with Gasteiger partial charge in [-0.1, -0.05) is 17.3 Å². The van der Waals surface area contributed by atoms with Crippen LogP contribution in [0.5, 0.6) is 0 Å². The molecule has 0 fully saturated rings. The number of hydrogen-bond acceptors (Lipinski definition) is 4. The van der Waals surface area contributed by atoms with Crippen LogP contribution in [0.4, 0.5) is 24.5 Å². The van der Waals surface area contributed by atoms with Gasteiger partial charge in [0.15, 0.2) is 0 Å². The maximum atomic E-state index is 12.8. The molecule has 144 valence electrons. The fraction of sp³-hybridized carbons (Fsp3) is 0.105. The Hall–Kier alpha value is -3.62. The van der Waals surface area contributed by atoms with Crippen LogP contribution < -0.4 is 10.6 Å². The monoisotopic (exact) mass is 389 g/mol. The standard InChI is InChI=1S/C19H14F3N3O3/c1-11-8-16(28-25-11)18(27)24-15-7-3-6-14(10-15)23-17(26)12-4-2-5-13(9-12)19(20,21)22/h2-10H,1H3,(H,23,26)(H,24,27). The molecule has 0 aliphatic rings. The zero-order valence-electron chi connectivity index (χ0n) is 14.5. The number of rotatable bonds is 4. The molecule has 1 aromatic heterocycles. The van der Waals surface area contributed by atoms with Gasteiger partial charge in [-0.15, -0.1) is 0 Å². The van der Waals surface area contributed by atoms with E-state index in [4.69, 9.17) is 4.52 Å². The predicted octanol–water partition coefficient (Wildman–Crippen LogP) is 4.51. The highest BCUT2D eigenvalue weighted by atomic mass is 19.4. The van der Waals surface area contributed by atoms with Gasteiger partial charge in [0.1, 0.15) is 0 Å². The molecule has 0 aliphatic heterocycles. The molecule has 0 unspecified atom stereocenters. The van der Waals surface area contributed by atoms with Gasteiger partial charge >= 0.3 is 6.18 Å². The second kappa shape index (κ2) is 7.55. The zero-order chi connectivity index (χ0) is 20.3. The lowest BCUT2D eigenvalue weighted by Gasteiger charge is -2.10. The van der Waals surface area contributed by atoms with Crippen molar-refractivity contribution >= 4 is 23.2 Å². The molecule has 0 atom stereocenters. The van der Waals surface area contributed by atoms with Crippen LogP contribution in [0.25, 0.3) is 0 Å². The number of hydrogen-bond donors (Lipinski definition) is 2. The van der Waals surface area contributed by atoms with E-state index in [1.54, 1.807) is 25.1 Å². The Labute approximate surface area is 157 Å². The summed E-state index contributed by atoms with van der Waals surface area (Å²) < 4.78 is 43.2. The smallest absolute Gasteiger partial charge is 0.351 e. The highest BCUT2D eigenvalue weighted by Gasteiger charge is 2.30. The van der Waals surface area contributed by atoms with E-state index >= 15 is 0 Å². The number of carbonyl (C=O) groups is 2. The number of anilines is 2. The van der Waals surface area contributed by atoms with Crippen LogP contribution in [0.3, 0.4) is 0 Å². The van der Waals surface area contributed by atoms with E-state index in [-0.39, 0.29) is 11.3 Å². The largest absolute Gasteiger partial charge is 0.416 e. The molecule has 9 heteroatoms. The number of nitrogens with one attached hydrogen (secondary N) is 2. The van der Waals surface area contributed by atoms with Crippen molar-refractivity contribution in [1.82, 2.24) is 5.16 Å². The molecule has 2 N–H and O–H groups in total. The molecule has 28 heavy (non-hydrogen) atoms. The van der Waals surface area contributed by atoms with Crippen LogP contribution in [0.1, 0.15) is 32.2 Å². The van der Waals surface area contributed by atoms with Gasteiger partial charge in [0.2, 0.25) is 5.76 Å². The van der Waals surface area contributed by atoms with Crippen LogP contribution >= 0.6 is 0 Å². The van der Waals surface area contributed by atoms with Crippen LogP contribution in [0, 0.1) is 6.92 Å². The molecular weight excluding hydrogens is 375 g/mol. The van der Waals surface area contributed by atoms with Gasteiger partial charge in [0.25, 0.3) is 11.8 Å². The maximum Gasteiger partial charge on any atom is 0.416 e. The summed E-state index contributed by atoms with van der Waals surface area (Å²) in [7, 11) is 0. The molecule has 0 saturated heterocycles. The third-order valence-corrected chi connectivity index (χ3v) is 3.68. The number of halogens is 3. The SMILES string of the molecule is Cc1cc(C(=O)Nc2cccc(NC(=O)c3cccc(C(F)(F)F)c3)c2)on1. The summed E-state index contributed by atoms with van der Waals surface area (Å²) in [4.78, 5) is 24.3. The first kappa shape index (κ1) is 19.2. The van der Waals surface area contributed by atoms with Crippen molar-refractivity contribution in [2.45, 2.75) is 13.1 Å². The van der Waals surface area contributed by atoms with E-state index in [2.05, 4.69) is 15.8 Å². The molecule has 2 aromatic carbocycles. The van der Waals surface area contributed by atoms with Crippen molar-refractivity contribution in [2.24, 2.45) is 0 Å². The lowest BCUT2D eigenvalue weighted by Crippen LogP contribution is -2.15. The minimum Gasteiger partial charge on any atom is -0.351 e. The van der Waals surface area contributed by atoms with E-state index in [1.165, 1.54) is 18.2 Å². The molecular formula is C19H14F3N3O3. The summed E-state index contributed by atoms with van der Waals surface area (Å²) >= 11 is 0. The lowest BCUT2D eigenvalue weighted by molar-refractivity contribution is -0.137. The van der Waals surface area contributed by atoms with Crippen molar-refractivity contribution in [1.29, 1.82) is 0 Å². The Balaban J connectivity index is 1.72. The average Bonchev–Trinajstić information content (AvgIpc) is 3.08. The fourth-order valence-electron chi connectivity index (χ4n) is 2.38. The van der Waals surface area contributed by atoms with E-state index in [0.29, 0.717) is 17.1 Å². The lowest BCUT2D eigenvalue weighted by atomic mass is 10.1.